The van der Waals surface area contributed by atoms with Crippen molar-refractivity contribution in [3.05, 3.63) is 41.8 Å². The van der Waals surface area contributed by atoms with E-state index in [1.54, 1.807) is 17.0 Å². The lowest BCUT2D eigenvalue weighted by molar-refractivity contribution is -0.134. The Morgan fingerprint density at radius 1 is 1.29 bits per heavy atom. The van der Waals surface area contributed by atoms with Gasteiger partial charge in [-0.2, -0.15) is 13.2 Å². The number of alkyl halides is 3. The van der Waals surface area contributed by atoms with Crippen LogP contribution in [-0.4, -0.2) is 30.3 Å². The molecule has 1 aliphatic heterocycles. The summed E-state index contributed by atoms with van der Waals surface area (Å²) in [6.07, 6.45) is -3.52. The molecule has 4 nitrogen and oxygen atoms in total. The number of benzene rings is 1. The van der Waals surface area contributed by atoms with Gasteiger partial charge >= 0.3 is 6.18 Å². The van der Waals surface area contributed by atoms with Crippen LogP contribution in [0.4, 0.5) is 18.9 Å². The van der Waals surface area contributed by atoms with Gasteiger partial charge in [-0.05, 0) is 24.6 Å². The zero-order valence-corrected chi connectivity index (χ0v) is 13.9. The third kappa shape index (κ3) is 4.21. The summed E-state index contributed by atoms with van der Waals surface area (Å²) in [5.74, 6) is -0.990. The second-order valence-corrected chi connectivity index (χ2v) is 5.91. The molecule has 0 aromatic heterocycles. The van der Waals surface area contributed by atoms with E-state index >= 15 is 0 Å². The van der Waals surface area contributed by atoms with Crippen molar-refractivity contribution >= 4 is 11.6 Å². The average Bonchev–Trinajstić information content (AvgIpc) is 3.02. The lowest BCUT2D eigenvalue weighted by Crippen LogP contribution is -2.33. The van der Waals surface area contributed by atoms with Crippen LogP contribution in [0, 0.1) is 5.92 Å². The number of hydrogen-bond acceptors (Lipinski definition) is 3. The summed E-state index contributed by atoms with van der Waals surface area (Å²) in [4.78, 5) is 15.2. The average molecular weight is 342 g/mol. The quantitative estimate of drug-likeness (QED) is 0.814. The van der Waals surface area contributed by atoms with Gasteiger partial charge in [0.15, 0.2) is 6.73 Å². The molecule has 1 aliphatic rings. The predicted molar refractivity (Wildman–Crippen MR) is 84.9 cm³/mol. The first-order valence-electron chi connectivity index (χ1n) is 7.78. The number of nitrogens with zero attached hydrogens (tertiary/aromatic N) is 2. The lowest BCUT2D eigenvalue weighted by atomic mass is 10.1. The molecule has 0 aliphatic carbocycles. The maximum atomic E-state index is 12.6. The first-order valence-corrected chi connectivity index (χ1v) is 7.78. The van der Waals surface area contributed by atoms with E-state index in [4.69, 9.17) is 0 Å². The van der Waals surface area contributed by atoms with Gasteiger partial charge in [-0.25, -0.2) is 0 Å². The van der Waals surface area contributed by atoms with Crippen LogP contribution in [0.1, 0.15) is 26.3 Å². The fourth-order valence-corrected chi connectivity index (χ4v) is 2.38. The maximum Gasteiger partial charge on any atom is 0.450 e. The number of carbonyl (C=O) groups is 1. The molecule has 0 spiro atoms. The normalized spacial score (nSPS) is 14.6. The van der Waals surface area contributed by atoms with Crippen LogP contribution < -0.4 is 4.90 Å². The molecule has 132 valence electrons. The Morgan fingerprint density at radius 2 is 1.92 bits per heavy atom. The molecule has 0 radical (unpaired) electrons. The fourth-order valence-electron chi connectivity index (χ4n) is 2.38. The SMILES string of the molecule is CCN(Cc1ccc(N2C=C(C(F)(F)F)OC2)cc1)C(=O)C(C)C. The molecule has 0 saturated heterocycles. The van der Waals surface area contributed by atoms with Crippen LogP contribution >= 0.6 is 0 Å². The predicted octanol–water partition coefficient (Wildman–Crippen LogP) is 3.89. The van der Waals surface area contributed by atoms with Crippen molar-refractivity contribution in [1.82, 2.24) is 4.90 Å². The highest BCUT2D eigenvalue weighted by Gasteiger charge is 2.39. The molecule has 0 saturated carbocycles. The summed E-state index contributed by atoms with van der Waals surface area (Å²) >= 11 is 0. The summed E-state index contributed by atoms with van der Waals surface area (Å²) in [6.45, 7) is 6.54. The number of rotatable bonds is 5. The van der Waals surface area contributed by atoms with Crippen LogP contribution in [0.2, 0.25) is 0 Å². The van der Waals surface area contributed by atoms with Crippen molar-refractivity contribution in [2.75, 3.05) is 18.2 Å². The number of ether oxygens (including phenoxy) is 1. The smallest absolute Gasteiger partial charge is 0.450 e. The molecule has 1 aromatic carbocycles. The molecular weight excluding hydrogens is 321 g/mol. The summed E-state index contributed by atoms with van der Waals surface area (Å²) < 4.78 is 42.4. The molecule has 0 fully saturated rings. The van der Waals surface area contributed by atoms with Crippen molar-refractivity contribution in [2.24, 2.45) is 5.92 Å². The van der Waals surface area contributed by atoms with Crippen molar-refractivity contribution in [2.45, 2.75) is 33.5 Å². The van der Waals surface area contributed by atoms with E-state index in [0.717, 1.165) is 11.8 Å². The molecule has 0 unspecified atom stereocenters. The number of hydrogen-bond donors (Lipinski definition) is 0. The van der Waals surface area contributed by atoms with E-state index in [1.807, 2.05) is 32.9 Å². The molecule has 7 heteroatoms. The van der Waals surface area contributed by atoms with Gasteiger partial charge < -0.3 is 14.5 Å². The van der Waals surface area contributed by atoms with Crippen LogP contribution in [-0.2, 0) is 16.1 Å². The van der Waals surface area contributed by atoms with Gasteiger partial charge in [0.1, 0.15) is 0 Å². The Morgan fingerprint density at radius 3 is 2.38 bits per heavy atom. The van der Waals surface area contributed by atoms with E-state index in [9.17, 15) is 18.0 Å². The standard InChI is InChI=1S/C17H21F3N2O2/c1-4-21(16(23)12(2)3)9-13-5-7-14(8-6-13)22-10-15(24-11-22)17(18,19)20/h5-8,10,12H,4,9,11H2,1-3H3. The van der Waals surface area contributed by atoms with Gasteiger partial charge in [0.25, 0.3) is 0 Å². The minimum Gasteiger partial charge on any atom is -0.466 e. The first-order chi connectivity index (χ1) is 11.2. The molecule has 0 atom stereocenters. The van der Waals surface area contributed by atoms with E-state index < -0.39 is 11.9 Å². The third-order valence-corrected chi connectivity index (χ3v) is 3.74. The Kier molecular flexibility index (Phi) is 5.41. The van der Waals surface area contributed by atoms with Gasteiger partial charge in [0, 0.05) is 24.7 Å². The molecule has 0 N–H and O–H groups in total. The monoisotopic (exact) mass is 342 g/mol. The highest BCUT2D eigenvalue weighted by Crippen LogP contribution is 2.32. The van der Waals surface area contributed by atoms with Gasteiger partial charge in [-0.3, -0.25) is 4.79 Å². The fraction of sp³-hybridized carbons (Fsp3) is 0.471. The van der Waals surface area contributed by atoms with Crippen LogP contribution in [0.15, 0.2) is 36.2 Å². The highest BCUT2D eigenvalue weighted by molar-refractivity contribution is 5.78. The van der Waals surface area contributed by atoms with E-state index in [2.05, 4.69) is 4.74 Å². The second-order valence-electron chi connectivity index (χ2n) is 5.91. The Balaban J connectivity index is 2.06. The van der Waals surface area contributed by atoms with Gasteiger partial charge in [-0.1, -0.05) is 26.0 Å². The van der Waals surface area contributed by atoms with Gasteiger partial charge in [0.2, 0.25) is 11.7 Å². The lowest BCUT2D eigenvalue weighted by Gasteiger charge is -2.23. The van der Waals surface area contributed by atoms with Gasteiger partial charge in [-0.15, -0.1) is 0 Å². The highest BCUT2D eigenvalue weighted by atomic mass is 19.4. The zero-order chi connectivity index (χ0) is 17.9. The Bertz CT molecular complexity index is 609. The van der Waals surface area contributed by atoms with Crippen LogP contribution in [0.3, 0.4) is 0 Å². The molecule has 1 aromatic rings. The zero-order valence-electron chi connectivity index (χ0n) is 13.9. The summed E-state index contributed by atoms with van der Waals surface area (Å²) in [5, 5.41) is 0. The summed E-state index contributed by atoms with van der Waals surface area (Å²) in [7, 11) is 0. The third-order valence-electron chi connectivity index (χ3n) is 3.74. The second kappa shape index (κ2) is 7.15. The summed E-state index contributed by atoms with van der Waals surface area (Å²) in [6, 6.07) is 7.07. The molecule has 2 rings (SSSR count). The Hall–Kier alpha value is -2.18. The molecule has 1 amide bonds. The van der Waals surface area contributed by atoms with E-state index in [0.29, 0.717) is 18.8 Å². The van der Waals surface area contributed by atoms with Crippen LogP contribution in [0.5, 0.6) is 0 Å². The largest absolute Gasteiger partial charge is 0.466 e. The maximum absolute atomic E-state index is 12.6. The molecule has 1 heterocycles. The number of anilines is 1. The minimum atomic E-state index is -4.48. The van der Waals surface area contributed by atoms with Crippen molar-refractivity contribution in [1.29, 1.82) is 0 Å². The molecule has 0 bridgehead atoms. The first kappa shape index (κ1) is 18.2. The van der Waals surface area contributed by atoms with Gasteiger partial charge in [0.05, 0.1) is 6.20 Å². The molecular formula is C17H21F3N2O2. The molecule has 24 heavy (non-hydrogen) atoms. The number of carbonyl (C=O) groups excluding carboxylic acids is 1. The minimum absolute atomic E-state index is 0.0723. The number of amides is 1. The Labute approximate surface area is 139 Å². The number of halogens is 3. The number of allylic oxidation sites excluding steroid dienone is 1. The van der Waals surface area contributed by atoms with E-state index in [-0.39, 0.29) is 18.6 Å². The van der Waals surface area contributed by atoms with Crippen molar-refractivity contribution in [3.63, 3.8) is 0 Å². The van der Waals surface area contributed by atoms with Crippen LogP contribution in [0.25, 0.3) is 0 Å². The topological polar surface area (TPSA) is 32.8 Å². The van der Waals surface area contributed by atoms with E-state index in [1.165, 1.54) is 4.90 Å². The van der Waals surface area contributed by atoms with Crippen molar-refractivity contribution < 1.29 is 22.7 Å². The van der Waals surface area contributed by atoms with Crippen molar-refractivity contribution in [3.8, 4) is 0 Å². The summed E-state index contributed by atoms with van der Waals surface area (Å²) in [5.41, 5.74) is 1.53.